The number of rotatable bonds is 4. The molecule has 0 aliphatic carbocycles. The minimum absolute atomic E-state index is 0. The number of thiophene rings is 1. The van der Waals surface area contributed by atoms with Crippen molar-refractivity contribution in [1.29, 1.82) is 0 Å². The molecule has 2 nitrogen and oxygen atoms in total. The van der Waals surface area contributed by atoms with Crippen LogP contribution in [0, 0.1) is 37.2 Å². The van der Waals surface area contributed by atoms with E-state index in [-0.39, 0.29) is 25.7 Å². The first-order valence-electron chi connectivity index (χ1n) is 18.3. The monoisotopic (exact) mass is 943 g/mol. The van der Waals surface area contributed by atoms with E-state index in [4.69, 9.17) is 2.74 Å². The smallest absolute Gasteiger partial charge is 0.142 e. The summed E-state index contributed by atoms with van der Waals surface area (Å²) in [5.74, 6) is 6.57. The van der Waals surface area contributed by atoms with E-state index in [0.29, 0.717) is 5.69 Å². The van der Waals surface area contributed by atoms with Gasteiger partial charge in [0.15, 0.2) is 0 Å². The number of aromatic nitrogens is 2. The third-order valence-electron chi connectivity index (χ3n) is 9.03. The largest absolute Gasteiger partial charge is 0.302 e. The van der Waals surface area contributed by atoms with Crippen LogP contribution in [0.3, 0.4) is 0 Å². The Morgan fingerprint density at radius 2 is 1.50 bits per heavy atom. The quantitative estimate of drug-likeness (QED) is 0.0998. The molecule has 265 valence electrons. The summed E-state index contributed by atoms with van der Waals surface area (Å²) in [6.07, 6.45) is 1.35. The Kier molecular flexibility index (Phi) is 10.1. The molecule has 8 rings (SSSR count). The molecule has 3 heterocycles. The number of halogens is 1. The number of nitrogens with zero attached hydrogens (tertiary/aromatic N) is 2. The van der Waals surface area contributed by atoms with Crippen LogP contribution in [0.15, 0.2) is 103 Å². The maximum absolute atomic E-state index is 14.8. The molecule has 0 atom stereocenters. The van der Waals surface area contributed by atoms with Crippen LogP contribution in [0.1, 0.15) is 40.2 Å². The van der Waals surface area contributed by atoms with Gasteiger partial charge in [-0.2, -0.15) is 11.3 Å². The fraction of sp³-hybridized carbons (Fsp3) is 0.217. The Morgan fingerprint density at radius 1 is 0.769 bits per heavy atom. The van der Waals surface area contributed by atoms with Crippen LogP contribution in [0.2, 0.25) is 17.3 Å². The average Bonchev–Trinajstić information content (AvgIpc) is 3.47. The van der Waals surface area contributed by atoms with Gasteiger partial charge in [-0.1, -0.05) is 56.0 Å². The first kappa shape index (κ1) is 35.3. The van der Waals surface area contributed by atoms with Crippen LogP contribution in [-0.4, -0.2) is 23.2 Å². The van der Waals surface area contributed by atoms with Crippen LogP contribution in [0.5, 0.6) is 0 Å². The van der Waals surface area contributed by atoms with E-state index in [1.165, 1.54) is 37.1 Å². The van der Waals surface area contributed by atoms with Gasteiger partial charge in [0.05, 0.1) is 6.20 Å². The van der Waals surface area contributed by atoms with Crippen LogP contribution in [0.25, 0.3) is 64.2 Å². The maximum atomic E-state index is 14.8. The summed E-state index contributed by atoms with van der Waals surface area (Å²) < 4.78 is 35.7. The number of benzene rings is 5. The molecule has 0 amide bonds. The van der Waals surface area contributed by atoms with Gasteiger partial charge in [-0.25, -0.2) is 4.39 Å². The third-order valence-corrected chi connectivity index (χ3v) is 14.7. The van der Waals surface area contributed by atoms with Gasteiger partial charge in [-0.05, 0) is 85.9 Å². The fourth-order valence-corrected chi connectivity index (χ4v) is 11.5. The normalized spacial score (nSPS) is 12.7. The van der Waals surface area contributed by atoms with Crippen molar-refractivity contribution in [3.8, 4) is 22.5 Å². The maximum Gasteiger partial charge on any atom is 0.142 e. The molecule has 0 spiro atoms. The Bertz CT molecular complexity index is 2660. The number of aryl methyl sites for hydroxylation is 2. The molecule has 1 radical (unpaired) electrons. The zero-order valence-electron chi connectivity index (χ0n) is 32.8. The summed E-state index contributed by atoms with van der Waals surface area (Å²) >= 11 is -0.102. The standard InChI is InChI=1S/C31H25FNS.C15H18GeN.Ir/c1-18-8-9-19-11-21-13-26-24-6-5-7-25(28-14-23(16-31(2,3)4)27(32)17-33-28)30(24)34-29(26)15-22(21)12-20(19)10-18;1-12-10-15(13-8-6-5-7-9-13)17-11-14(12)16(2,3)4;/h5-6,8-15,17H,16H2,1-4H3;5-8,10-11H,1-4H3;/q2*-1;/i16D2;;. The van der Waals surface area contributed by atoms with Crippen molar-refractivity contribution >= 4 is 70.7 Å². The van der Waals surface area contributed by atoms with Crippen LogP contribution < -0.4 is 4.40 Å². The second-order valence-electron chi connectivity index (χ2n) is 15.4. The predicted molar refractivity (Wildman–Crippen MR) is 220 cm³/mol. The van der Waals surface area contributed by atoms with E-state index < -0.39 is 30.9 Å². The number of hydrogen-bond donors (Lipinski definition) is 0. The summed E-state index contributed by atoms with van der Waals surface area (Å²) in [5.41, 5.74) is 5.27. The van der Waals surface area contributed by atoms with Gasteiger partial charge in [-0.3, -0.25) is 0 Å². The van der Waals surface area contributed by atoms with E-state index in [1.807, 2.05) is 24.3 Å². The Morgan fingerprint density at radius 3 is 2.21 bits per heavy atom. The van der Waals surface area contributed by atoms with E-state index in [9.17, 15) is 4.39 Å². The summed E-state index contributed by atoms with van der Waals surface area (Å²) in [4.78, 5) is 8.95. The van der Waals surface area contributed by atoms with Crippen molar-refractivity contribution in [2.75, 3.05) is 0 Å². The fourth-order valence-electron chi connectivity index (χ4n) is 6.66. The number of pyridine rings is 2. The minimum atomic E-state index is -1.86. The molecule has 3 aromatic heterocycles. The first-order valence-corrected chi connectivity index (χ1v) is 25.5. The molecule has 0 fully saturated rings. The molecule has 52 heavy (non-hydrogen) atoms. The SMILES string of the molecule is Cc1cc(-c2[c-]cccc2)nc[c]1[Ge]([CH3])([CH3])[CH3].[2H]C([2H])(c1cc(-c2[c-]ccc3c2sc2cc4cc5cc(C)ccc5cc4cc23)ncc1F)C(C)(C)C.[Ir]. The molecule has 0 bridgehead atoms. The molecule has 0 aliphatic heterocycles. The molecular formula is C46H43FGeIrN2S-2. The average molecular weight is 942 g/mol. The van der Waals surface area contributed by atoms with Gasteiger partial charge in [0.25, 0.3) is 0 Å². The van der Waals surface area contributed by atoms with Gasteiger partial charge in [0.2, 0.25) is 0 Å². The topological polar surface area (TPSA) is 25.8 Å². The van der Waals surface area contributed by atoms with E-state index >= 15 is 0 Å². The molecular weight excluding hydrogens is 896 g/mol. The second kappa shape index (κ2) is 14.9. The Balaban J connectivity index is 0.000000233. The number of fused-ring (bicyclic) bond motifs is 5. The molecule has 0 saturated heterocycles. The summed E-state index contributed by atoms with van der Waals surface area (Å²) in [5, 5.41) is 7.09. The molecule has 8 aromatic rings. The van der Waals surface area contributed by atoms with Gasteiger partial charge in [-0.15, -0.1) is 23.8 Å². The third kappa shape index (κ3) is 8.09. The van der Waals surface area contributed by atoms with Gasteiger partial charge in [0, 0.05) is 27.5 Å². The predicted octanol–water partition coefficient (Wildman–Crippen LogP) is 12.7. The summed E-state index contributed by atoms with van der Waals surface area (Å²) in [6, 6.07) is 37.7. The van der Waals surface area contributed by atoms with Crippen molar-refractivity contribution < 1.29 is 27.2 Å². The van der Waals surface area contributed by atoms with Gasteiger partial charge < -0.3 is 4.98 Å². The molecule has 5 aromatic carbocycles. The molecule has 0 saturated carbocycles. The van der Waals surface area contributed by atoms with Crippen molar-refractivity contribution in [3.05, 3.63) is 138 Å². The van der Waals surface area contributed by atoms with Crippen molar-refractivity contribution in [2.24, 2.45) is 5.41 Å². The molecule has 0 unspecified atom stereocenters. The van der Waals surface area contributed by atoms with Gasteiger partial charge in [0.1, 0.15) is 5.82 Å². The van der Waals surface area contributed by atoms with Crippen molar-refractivity contribution in [3.63, 3.8) is 0 Å². The van der Waals surface area contributed by atoms with Crippen LogP contribution in [0.4, 0.5) is 4.39 Å². The molecule has 6 heteroatoms. The molecule has 0 aliphatic rings. The first-order chi connectivity index (χ1) is 25.0. The van der Waals surface area contributed by atoms with E-state index in [1.54, 1.807) is 38.2 Å². The molecule has 0 N–H and O–H groups in total. The van der Waals surface area contributed by atoms with E-state index in [0.717, 1.165) is 43.2 Å². The van der Waals surface area contributed by atoms with Crippen LogP contribution >= 0.6 is 11.3 Å². The van der Waals surface area contributed by atoms with Crippen molar-refractivity contribution in [2.45, 2.75) is 58.3 Å². The number of hydrogen-bond acceptors (Lipinski definition) is 3. The van der Waals surface area contributed by atoms with Gasteiger partial charge >= 0.3 is 106 Å². The zero-order chi connectivity index (χ0) is 37.9. The van der Waals surface area contributed by atoms with Crippen LogP contribution in [-0.2, 0) is 26.5 Å². The minimum Gasteiger partial charge on any atom is -0.302 e. The Hall–Kier alpha value is -3.74. The van der Waals surface area contributed by atoms with E-state index in [2.05, 4.69) is 120 Å². The Labute approximate surface area is 330 Å². The van der Waals surface area contributed by atoms with Crippen molar-refractivity contribution in [1.82, 2.24) is 9.97 Å². The second-order valence-corrected chi connectivity index (χ2v) is 27.1. The summed E-state index contributed by atoms with van der Waals surface area (Å²) in [7, 11) is 0. The summed E-state index contributed by atoms with van der Waals surface area (Å²) in [6.45, 7) is 9.64. The zero-order valence-corrected chi connectivity index (χ0v) is 36.1.